The second-order valence-electron chi connectivity index (χ2n) is 11.2. The molecule has 2 aliphatic rings. The zero-order valence-electron chi connectivity index (χ0n) is 25.1. The summed E-state index contributed by atoms with van der Waals surface area (Å²) in [7, 11) is 1.60. The van der Waals surface area contributed by atoms with Gasteiger partial charge in [-0.2, -0.15) is 0 Å². The van der Waals surface area contributed by atoms with E-state index in [1.165, 1.54) is 6.92 Å². The number of aromatic nitrogens is 3. The number of halogens is 1. The van der Waals surface area contributed by atoms with E-state index in [1.807, 2.05) is 62.4 Å². The Bertz CT molecular complexity index is 1630. The lowest BCUT2D eigenvalue weighted by atomic mass is 10.1. The SMILES string of the molecule is COC1OC(Cn2c(COc3cccc(Cl)c3)cc3c(NCCNC(C)=O)nc(-c4ccccc4)nc32)C2OC(C)(C)OC12. The number of hydrogen-bond acceptors (Lipinski definition) is 9. The maximum atomic E-state index is 11.5. The molecule has 0 saturated carbocycles. The number of carbonyl (C=O) groups excluding carboxylic acids is 1. The van der Waals surface area contributed by atoms with Gasteiger partial charge in [-0.15, -0.1) is 0 Å². The van der Waals surface area contributed by atoms with Crippen molar-refractivity contribution in [1.82, 2.24) is 19.9 Å². The van der Waals surface area contributed by atoms with Crippen LogP contribution in [0.3, 0.4) is 0 Å². The Morgan fingerprint density at radius 1 is 1.05 bits per heavy atom. The van der Waals surface area contributed by atoms with Crippen LogP contribution < -0.4 is 15.4 Å². The van der Waals surface area contributed by atoms with Gasteiger partial charge < -0.3 is 38.9 Å². The largest absolute Gasteiger partial charge is 0.487 e. The highest BCUT2D eigenvalue weighted by Gasteiger charge is 2.55. The van der Waals surface area contributed by atoms with Gasteiger partial charge in [-0.25, -0.2) is 9.97 Å². The molecule has 232 valence electrons. The summed E-state index contributed by atoms with van der Waals surface area (Å²) in [4.78, 5) is 21.4. The van der Waals surface area contributed by atoms with Gasteiger partial charge in [0.1, 0.15) is 42.1 Å². The fraction of sp³-hybridized carbons (Fsp3) is 0.406. The highest BCUT2D eigenvalue weighted by atomic mass is 35.5. The maximum Gasteiger partial charge on any atom is 0.216 e. The third-order valence-electron chi connectivity index (χ3n) is 7.55. The Morgan fingerprint density at radius 2 is 1.84 bits per heavy atom. The molecule has 4 atom stereocenters. The van der Waals surface area contributed by atoms with Gasteiger partial charge in [-0.1, -0.05) is 48.0 Å². The molecule has 4 unspecified atom stereocenters. The standard InChI is InChI=1S/C32H36ClN5O6/c1-19(39)34-13-14-35-29-24-16-22(18-41-23-12-8-11-21(33)15-23)38(30(24)37-28(36-29)20-9-6-5-7-10-20)17-25-26-27(31(40-4)42-25)44-32(2,3)43-26/h5-12,15-16,25-27,31H,13-14,17-18H2,1-4H3,(H,34,39)(H,35,36,37). The number of ether oxygens (including phenoxy) is 5. The molecule has 44 heavy (non-hydrogen) atoms. The van der Waals surface area contributed by atoms with E-state index < -0.39 is 18.2 Å². The molecule has 0 radical (unpaired) electrons. The number of anilines is 1. The first-order valence-electron chi connectivity index (χ1n) is 14.6. The van der Waals surface area contributed by atoms with E-state index in [2.05, 4.69) is 15.2 Å². The molecular formula is C32H36ClN5O6. The van der Waals surface area contributed by atoms with Crippen LogP contribution in [0.4, 0.5) is 5.82 Å². The van der Waals surface area contributed by atoms with Crippen molar-refractivity contribution in [2.24, 2.45) is 0 Å². The summed E-state index contributed by atoms with van der Waals surface area (Å²) in [5.74, 6) is 0.984. The molecule has 0 spiro atoms. The lowest BCUT2D eigenvalue weighted by molar-refractivity contribution is -0.228. The number of fused-ring (bicyclic) bond motifs is 2. The number of benzene rings is 2. The predicted molar refractivity (Wildman–Crippen MR) is 165 cm³/mol. The van der Waals surface area contributed by atoms with Crippen LogP contribution in [0.5, 0.6) is 5.75 Å². The van der Waals surface area contributed by atoms with Crippen molar-refractivity contribution in [3.63, 3.8) is 0 Å². The molecule has 2 fully saturated rings. The van der Waals surface area contributed by atoms with Gasteiger partial charge in [0.05, 0.1) is 17.6 Å². The second kappa shape index (κ2) is 12.7. The van der Waals surface area contributed by atoms with Crippen LogP contribution in [-0.4, -0.2) is 71.0 Å². The Morgan fingerprint density at radius 3 is 2.59 bits per heavy atom. The Balaban J connectivity index is 1.42. The molecule has 2 N–H and O–H groups in total. The number of methoxy groups -OCH3 is 1. The zero-order valence-corrected chi connectivity index (χ0v) is 25.8. The van der Waals surface area contributed by atoms with E-state index in [9.17, 15) is 4.79 Å². The summed E-state index contributed by atoms with van der Waals surface area (Å²) in [6.07, 6.45) is -1.67. The molecule has 6 rings (SSSR count). The van der Waals surface area contributed by atoms with Gasteiger partial charge in [-0.05, 0) is 38.1 Å². The van der Waals surface area contributed by atoms with Crippen molar-refractivity contribution in [3.8, 4) is 17.1 Å². The molecule has 12 heteroatoms. The van der Waals surface area contributed by atoms with Crippen LogP contribution in [-0.2, 0) is 36.9 Å². The molecule has 1 amide bonds. The van der Waals surface area contributed by atoms with Gasteiger partial charge >= 0.3 is 0 Å². The normalized spacial score (nSPS) is 22.2. The van der Waals surface area contributed by atoms with Crippen molar-refractivity contribution in [1.29, 1.82) is 0 Å². The van der Waals surface area contributed by atoms with Gasteiger partial charge in [0, 0.05) is 37.7 Å². The lowest BCUT2D eigenvalue weighted by Gasteiger charge is -2.24. The number of amides is 1. The number of nitrogens with one attached hydrogen (secondary N) is 2. The Hall–Kier alpha value is -3.74. The Kier molecular flexibility index (Phi) is 8.75. The van der Waals surface area contributed by atoms with Gasteiger partial charge in [0.2, 0.25) is 5.91 Å². The molecular weight excluding hydrogens is 586 g/mol. The molecule has 2 aromatic heterocycles. The monoisotopic (exact) mass is 621 g/mol. The molecule has 0 bridgehead atoms. The van der Waals surface area contributed by atoms with Crippen molar-refractivity contribution in [2.45, 2.75) is 64.3 Å². The first-order chi connectivity index (χ1) is 21.2. The topological polar surface area (TPSA) is 118 Å². The summed E-state index contributed by atoms with van der Waals surface area (Å²) >= 11 is 6.22. The number of nitrogens with zero attached hydrogens (tertiary/aromatic N) is 3. The summed E-state index contributed by atoms with van der Waals surface area (Å²) in [6, 6.07) is 19.1. The van der Waals surface area contributed by atoms with Crippen LogP contribution in [0.15, 0.2) is 60.7 Å². The minimum atomic E-state index is -0.765. The van der Waals surface area contributed by atoms with Crippen molar-refractivity contribution >= 4 is 34.4 Å². The van der Waals surface area contributed by atoms with Crippen molar-refractivity contribution in [2.75, 3.05) is 25.5 Å². The maximum absolute atomic E-state index is 11.5. The van der Waals surface area contributed by atoms with Gasteiger partial charge in [0.25, 0.3) is 0 Å². The molecule has 2 saturated heterocycles. The average molecular weight is 622 g/mol. The minimum Gasteiger partial charge on any atom is -0.487 e. The first-order valence-corrected chi connectivity index (χ1v) is 14.9. The second-order valence-corrected chi connectivity index (χ2v) is 11.7. The van der Waals surface area contributed by atoms with Gasteiger partial charge in [0.15, 0.2) is 17.9 Å². The van der Waals surface area contributed by atoms with E-state index >= 15 is 0 Å². The fourth-order valence-electron chi connectivity index (χ4n) is 5.64. The summed E-state index contributed by atoms with van der Waals surface area (Å²) in [5.41, 5.74) is 2.42. The average Bonchev–Trinajstić information content (AvgIpc) is 3.62. The first kappa shape index (κ1) is 30.3. The van der Waals surface area contributed by atoms with E-state index in [0.717, 1.165) is 16.6 Å². The lowest BCUT2D eigenvalue weighted by Crippen LogP contribution is -2.33. The summed E-state index contributed by atoms with van der Waals surface area (Å²) in [6.45, 7) is 6.83. The van der Waals surface area contributed by atoms with E-state index in [1.54, 1.807) is 19.2 Å². The molecule has 4 aromatic rings. The molecule has 4 heterocycles. The quantitative estimate of drug-likeness (QED) is 0.228. The van der Waals surface area contributed by atoms with Crippen LogP contribution >= 0.6 is 11.6 Å². The molecule has 11 nitrogen and oxygen atoms in total. The van der Waals surface area contributed by atoms with E-state index in [-0.39, 0.29) is 24.7 Å². The van der Waals surface area contributed by atoms with E-state index in [4.69, 9.17) is 45.3 Å². The van der Waals surface area contributed by atoms with Crippen LogP contribution in [0.1, 0.15) is 26.5 Å². The third-order valence-corrected chi connectivity index (χ3v) is 7.78. The molecule has 2 aromatic carbocycles. The number of rotatable bonds is 11. The van der Waals surface area contributed by atoms with E-state index in [0.29, 0.717) is 47.7 Å². The van der Waals surface area contributed by atoms with Gasteiger partial charge in [-0.3, -0.25) is 4.79 Å². The molecule has 2 aliphatic heterocycles. The predicted octanol–water partition coefficient (Wildman–Crippen LogP) is 4.77. The summed E-state index contributed by atoms with van der Waals surface area (Å²) in [5, 5.41) is 7.61. The van der Waals surface area contributed by atoms with Crippen LogP contribution in [0.2, 0.25) is 5.02 Å². The van der Waals surface area contributed by atoms with Crippen LogP contribution in [0, 0.1) is 0 Å². The highest BCUT2D eigenvalue weighted by Crippen LogP contribution is 2.40. The third kappa shape index (κ3) is 6.52. The van der Waals surface area contributed by atoms with Crippen molar-refractivity contribution < 1.29 is 28.5 Å². The summed E-state index contributed by atoms with van der Waals surface area (Å²) < 4.78 is 32.7. The molecule has 0 aliphatic carbocycles. The number of carbonyl (C=O) groups is 1. The Labute approximate surface area is 260 Å². The highest BCUT2D eigenvalue weighted by molar-refractivity contribution is 6.30. The van der Waals surface area contributed by atoms with Crippen LogP contribution in [0.25, 0.3) is 22.4 Å². The zero-order chi connectivity index (χ0) is 30.8. The fourth-order valence-corrected chi connectivity index (χ4v) is 5.82. The smallest absolute Gasteiger partial charge is 0.216 e. The minimum absolute atomic E-state index is 0.0956. The number of hydrogen-bond donors (Lipinski definition) is 2. The van der Waals surface area contributed by atoms with Crippen molar-refractivity contribution in [3.05, 3.63) is 71.4 Å².